The lowest BCUT2D eigenvalue weighted by Crippen LogP contribution is -2.22. The number of hydrogen-bond acceptors (Lipinski definition) is 9. The highest BCUT2D eigenvalue weighted by molar-refractivity contribution is 7.92. The smallest absolute Gasteiger partial charge is 0.339 e. The second-order valence-electron chi connectivity index (χ2n) is 13.8. The first-order valence-electron chi connectivity index (χ1n) is 18.8. The summed E-state index contributed by atoms with van der Waals surface area (Å²) in [6.07, 6.45) is 9.49. The quantitative estimate of drug-likeness (QED) is 0.0547. The van der Waals surface area contributed by atoms with E-state index in [1.807, 2.05) is 48.5 Å². The standard InChI is InChI=1S/C42H53NO8S2/c44-32-37-30-36(22-25-42(37)51-53(48,49)39-23-20-35(21-24-39)34-15-4-3-5-16-34)41(45)31-43-26-9-1-2-10-27-50-28-11-8-13-33-14-12-19-40(29-33)52(46,47)38-17-6-7-18-38/h3-5,12,14-16,19-25,29-30,38,41,43-45H,1-2,6-11,13,17-18,26-28,31-32H2/t41-/m0/s1. The zero-order valence-corrected chi connectivity index (χ0v) is 32.0. The number of aliphatic hydroxyl groups excluding tert-OH is 2. The fraction of sp³-hybridized carbons (Fsp3) is 0.429. The second kappa shape index (κ2) is 20.2. The van der Waals surface area contributed by atoms with Gasteiger partial charge in [-0.3, -0.25) is 0 Å². The summed E-state index contributed by atoms with van der Waals surface area (Å²) in [5, 5.41) is 23.7. The van der Waals surface area contributed by atoms with Crippen molar-refractivity contribution in [1.29, 1.82) is 0 Å². The molecule has 0 aromatic heterocycles. The third-order valence-corrected chi connectivity index (χ3v) is 13.3. The molecule has 1 atom stereocenters. The van der Waals surface area contributed by atoms with Gasteiger partial charge in [-0.2, -0.15) is 8.42 Å². The Hall–Kier alpha value is -3.58. The Balaban J connectivity index is 0.924. The van der Waals surface area contributed by atoms with Gasteiger partial charge in [-0.05, 0) is 110 Å². The molecule has 11 heteroatoms. The molecule has 5 rings (SSSR count). The molecule has 1 aliphatic rings. The summed E-state index contributed by atoms with van der Waals surface area (Å²) in [6.45, 7) is 2.04. The predicted octanol–water partition coefficient (Wildman–Crippen LogP) is 7.55. The number of rotatable bonds is 22. The van der Waals surface area contributed by atoms with Crippen LogP contribution in [-0.4, -0.2) is 58.6 Å². The van der Waals surface area contributed by atoms with Crippen LogP contribution in [0.4, 0.5) is 0 Å². The summed E-state index contributed by atoms with van der Waals surface area (Å²) in [7, 11) is -7.36. The Labute approximate surface area is 315 Å². The first-order chi connectivity index (χ1) is 25.7. The first-order valence-corrected chi connectivity index (χ1v) is 21.8. The van der Waals surface area contributed by atoms with E-state index in [1.54, 1.807) is 30.3 Å². The molecule has 1 fully saturated rings. The maximum Gasteiger partial charge on any atom is 0.339 e. The summed E-state index contributed by atoms with van der Waals surface area (Å²) in [5.74, 6) is 0.0160. The fourth-order valence-corrected chi connectivity index (χ4v) is 9.58. The molecule has 0 amide bonds. The molecule has 286 valence electrons. The molecule has 0 unspecified atom stereocenters. The first kappa shape index (κ1) is 40.6. The molecule has 1 saturated carbocycles. The van der Waals surface area contributed by atoms with Crippen molar-refractivity contribution in [2.45, 2.75) is 98.4 Å². The van der Waals surface area contributed by atoms with E-state index in [1.165, 1.54) is 18.2 Å². The van der Waals surface area contributed by atoms with Crippen LogP contribution >= 0.6 is 0 Å². The van der Waals surface area contributed by atoms with Gasteiger partial charge in [-0.15, -0.1) is 0 Å². The molecule has 0 spiro atoms. The van der Waals surface area contributed by atoms with Gasteiger partial charge in [-0.1, -0.05) is 86.3 Å². The molecule has 4 aromatic carbocycles. The SMILES string of the molecule is O=S(=O)(Oc1ccc([C@@H](O)CNCCCCCCOCCCCc2cccc(S(=O)(=O)C3CCCC3)c2)cc1CO)c1ccc(-c2ccccc2)cc1. The Morgan fingerprint density at radius 3 is 2.15 bits per heavy atom. The zero-order chi connectivity index (χ0) is 37.5. The van der Waals surface area contributed by atoms with Crippen molar-refractivity contribution in [2.24, 2.45) is 0 Å². The third-order valence-electron chi connectivity index (χ3n) is 9.79. The van der Waals surface area contributed by atoms with E-state index in [0.29, 0.717) is 23.6 Å². The maximum absolute atomic E-state index is 13.0. The van der Waals surface area contributed by atoms with E-state index in [0.717, 1.165) is 100 Å². The van der Waals surface area contributed by atoms with Gasteiger partial charge < -0.3 is 24.4 Å². The number of benzene rings is 4. The van der Waals surface area contributed by atoms with Gasteiger partial charge in [0.05, 0.1) is 22.9 Å². The topological polar surface area (TPSA) is 139 Å². The Kier molecular flexibility index (Phi) is 15.5. The van der Waals surface area contributed by atoms with Crippen molar-refractivity contribution in [3.8, 4) is 16.9 Å². The lowest BCUT2D eigenvalue weighted by atomic mass is 10.1. The van der Waals surface area contributed by atoms with Gasteiger partial charge in [0.1, 0.15) is 10.6 Å². The fourth-order valence-electron chi connectivity index (χ4n) is 6.69. The van der Waals surface area contributed by atoms with Crippen LogP contribution in [0.5, 0.6) is 5.75 Å². The number of unbranched alkanes of at least 4 members (excludes halogenated alkanes) is 4. The van der Waals surface area contributed by atoms with Gasteiger partial charge in [-0.25, -0.2) is 8.42 Å². The van der Waals surface area contributed by atoms with Crippen molar-refractivity contribution in [3.63, 3.8) is 0 Å². The van der Waals surface area contributed by atoms with E-state index in [4.69, 9.17) is 8.92 Å². The molecule has 0 radical (unpaired) electrons. The minimum atomic E-state index is -4.14. The molecule has 9 nitrogen and oxygen atoms in total. The number of hydrogen-bond donors (Lipinski definition) is 3. The summed E-state index contributed by atoms with van der Waals surface area (Å²) >= 11 is 0. The Bertz CT molecular complexity index is 1930. The van der Waals surface area contributed by atoms with Gasteiger partial charge in [0.15, 0.2) is 9.84 Å². The highest BCUT2D eigenvalue weighted by Crippen LogP contribution is 2.31. The normalized spacial score (nSPS) is 14.4. The van der Waals surface area contributed by atoms with Crippen LogP contribution in [0.15, 0.2) is 107 Å². The van der Waals surface area contributed by atoms with Gasteiger partial charge in [0.2, 0.25) is 0 Å². The van der Waals surface area contributed by atoms with Crippen LogP contribution in [0.1, 0.15) is 87.0 Å². The van der Waals surface area contributed by atoms with E-state index in [2.05, 4.69) is 5.32 Å². The molecule has 0 bridgehead atoms. The summed E-state index contributed by atoms with van der Waals surface area (Å²) in [5.41, 5.74) is 3.74. The van der Waals surface area contributed by atoms with Crippen molar-refractivity contribution >= 4 is 20.0 Å². The van der Waals surface area contributed by atoms with Crippen LogP contribution in [0.2, 0.25) is 0 Å². The molecule has 0 heterocycles. The van der Waals surface area contributed by atoms with Gasteiger partial charge in [0.25, 0.3) is 0 Å². The number of sulfone groups is 1. The van der Waals surface area contributed by atoms with Gasteiger partial charge >= 0.3 is 10.1 Å². The van der Waals surface area contributed by atoms with Crippen molar-refractivity contribution in [1.82, 2.24) is 5.32 Å². The van der Waals surface area contributed by atoms with Crippen LogP contribution in [0.3, 0.4) is 0 Å². The number of ether oxygens (including phenoxy) is 1. The molecule has 1 aliphatic carbocycles. The van der Waals surface area contributed by atoms with Crippen molar-refractivity contribution < 1.29 is 36.0 Å². The highest BCUT2D eigenvalue weighted by atomic mass is 32.2. The lowest BCUT2D eigenvalue weighted by molar-refractivity contribution is 0.126. The molecular formula is C42H53NO8S2. The van der Waals surface area contributed by atoms with E-state index in [-0.39, 0.29) is 21.5 Å². The molecule has 0 saturated heterocycles. The highest BCUT2D eigenvalue weighted by Gasteiger charge is 2.30. The van der Waals surface area contributed by atoms with Crippen molar-refractivity contribution in [3.05, 3.63) is 114 Å². The minimum absolute atomic E-state index is 0.00260. The average Bonchev–Trinajstić information content (AvgIpc) is 3.74. The molecule has 3 N–H and O–H groups in total. The lowest BCUT2D eigenvalue weighted by Gasteiger charge is -2.16. The summed E-state index contributed by atoms with van der Waals surface area (Å²) in [6, 6.07) is 28.2. The van der Waals surface area contributed by atoms with Crippen molar-refractivity contribution in [2.75, 3.05) is 26.3 Å². The van der Waals surface area contributed by atoms with Gasteiger partial charge in [0, 0.05) is 25.3 Å². The van der Waals surface area contributed by atoms with Crippen LogP contribution in [0.25, 0.3) is 11.1 Å². The summed E-state index contributed by atoms with van der Waals surface area (Å²) in [4.78, 5) is 0.471. The largest absolute Gasteiger partial charge is 0.392 e. The van der Waals surface area contributed by atoms with Crippen LogP contribution in [-0.2, 0) is 37.7 Å². The monoisotopic (exact) mass is 763 g/mol. The zero-order valence-electron chi connectivity index (χ0n) is 30.4. The van der Waals surface area contributed by atoms with E-state index < -0.39 is 32.7 Å². The average molecular weight is 764 g/mol. The Morgan fingerprint density at radius 1 is 0.717 bits per heavy atom. The molecule has 53 heavy (non-hydrogen) atoms. The van der Waals surface area contributed by atoms with Crippen LogP contribution < -0.4 is 9.50 Å². The minimum Gasteiger partial charge on any atom is -0.392 e. The predicted molar refractivity (Wildman–Crippen MR) is 208 cm³/mol. The third kappa shape index (κ3) is 12.0. The van der Waals surface area contributed by atoms with E-state index >= 15 is 0 Å². The van der Waals surface area contributed by atoms with E-state index in [9.17, 15) is 27.0 Å². The van der Waals surface area contributed by atoms with Crippen LogP contribution in [0, 0.1) is 0 Å². The number of aryl methyl sites for hydroxylation is 1. The molecule has 0 aliphatic heterocycles. The Morgan fingerprint density at radius 2 is 1.42 bits per heavy atom. The molecule has 4 aromatic rings. The second-order valence-corrected chi connectivity index (χ2v) is 17.5. The molecular weight excluding hydrogens is 711 g/mol. The maximum atomic E-state index is 13.0. The number of aliphatic hydroxyl groups is 2. The number of nitrogens with one attached hydrogen (secondary N) is 1. The summed E-state index contributed by atoms with van der Waals surface area (Å²) < 4.78 is 63.0.